The topological polar surface area (TPSA) is 92.4 Å². The summed E-state index contributed by atoms with van der Waals surface area (Å²) in [5.41, 5.74) is 4.60. The van der Waals surface area contributed by atoms with Gasteiger partial charge in [-0.25, -0.2) is 5.43 Å². The van der Waals surface area contributed by atoms with Crippen LogP contribution in [0, 0.1) is 0 Å². The zero-order chi connectivity index (χ0) is 19.9. The van der Waals surface area contributed by atoms with Gasteiger partial charge in [0.25, 0.3) is 5.91 Å². The number of phenolic OH excluding ortho intramolecular Hbond substituents is 1. The second kappa shape index (κ2) is 9.18. The first-order chi connectivity index (χ1) is 13.6. The van der Waals surface area contributed by atoms with E-state index in [4.69, 9.17) is 0 Å². The van der Waals surface area contributed by atoms with Gasteiger partial charge in [0, 0.05) is 17.7 Å². The van der Waals surface area contributed by atoms with E-state index in [1.165, 1.54) is 11.8 Å². The van der Waals surface area contributed by atoms with Crippen molar-refractivity contribution in [2.24, 2.45) is 5.10 Å². The molecule has 0 fully saturated rings. The van der Waals surface area contributed by atoms with Crippen LogP contribution in [0.1, 0.15) is 19.4 Å². The number of benzene rings is 2. The molecule has 0 aliphatic carbocycles. The van der Waals surface area contributed by atoms with Crippen LogP contribution in [0.5, 0.6) is 5.75 Å². The van der Waals surface area contributed by atoms with E-state index in [0.717, 1.165) is 11.4 Å². The molecule has 144 valence electrons. The summed E-state index contributed by atoms with van der Waals surface area (Å²) in [6.45, 7) is 4.44. The van der Waals surface area contributed by atoms with E-state index in [9.17, 15) is 9.90 Å². The van der Waals surface area contributed by atoms with Gasteiger partial charge >= 0.3 is 0 Å². The number of para-hydroxylation sites is 1. The fourth-order valence-electron chi connectivity index (χ4n) is 2.63. The monoisotopic (exact) mass is 395 g/mol. The van der Waals surface area contributed by atoms with Crippen LogP contribution >= 0.6 is 11.8 Å². The highest BCUT2D eigenvalue weighted by Gasteiger charge is 2.14. The first kappa shape index (κ1) is 19.6. The molecule has 7 nitrogen and oxygen atoms in total. The molecule has 2 aromatic carbocycles. The second-order valence-corrected chi connectivity index (χ2v) is 6.90. The largest absolute Gasteiger partial charge is 0.507 e. The number of carbonyl (C=O) groups is 1. The average molecular weight is 395 g/mol. The maximum absolute atomic E-state index is 12.2. The summed E-state index contributed by atoms with van der Waals surface area (Å²) in [7, 11) is 0. The van der Waals surface area contributed by atoms with Crippen LogP contribution in [0.3, 0.4) is 0 Å². The highest BCUT2D eigenvalue weighted by Crippen LogP contribution is 2.23. The van der Waals surface area contributed by atoms with Gasteiger partial charge in [0.05, 0.1) is 11.5 Å². The molecule has 0 aliphatic heterocycles. The van der Waals surface area contributed by atoms with Crippen LogP contribution in [0.15, 0.2) is 64.9 Å². The van der Waals surface area contributed by atoms with Gasteiger partial charge in [0.15, 0.2) is 11.0 Å². The number of rotatable bonds is 7. The van der Waals surface area contributed by atoms with Gasteiger partial charge in [-0.05, 0) is 26.0 Å². The van der Waals surface area contributed by atoms with Gasteiger partial charge in [-0.2, -0.15) is 5.10 Å². The van der Waals surface area contributed by atoms with Crippen molar-refractivity contribution in [2.45, 2.75) is 25.5 Å². The Bertz CT molecular complexity index is 985. The molecule has 0 unspecified atom stereocenters. The lowest BCUT2D eigenvalue weighted by atomic mass is 10.1. The molecule has 8 heteroatoms. The molecule has 2 N–H and O–H groups in total. The number of amides is 1. The van der Waals surface area contributed by atoms with Gasteiger partial charge in [-0.15, -0.1) is 10.2 Å². The Kier molecular flexibility index (Phi) is 6.44. The molecule has 1 aromatic heterocycles. The Labute approximate surface area is 167 Å². The average Bonchev–Trinajstić information content (AvgIpc) is 3.14. The summed E-state index contributed by atoms with van der Waals surface area (Å²) >= 11 is 1.30. The molecule has 0 saturated carbocycles. The van der Waals surface area contributed by atoms with Crippen LogP contribution in [0.4, 0.5) is 0 Å². The van der Waals surface area contributed by atoms with Crippen molar-refractivity contribution in [2.75, 3.05) is 5.75 Å². The SMILES string of the molecule is CCn1c(SCC(=O)NN=C(C)c2ccccc2O)nnc1-c1ccccc1. The fraction of sp³-hybridized carbons (Fsp3) is 0.200. The molecular formula is C20H21N5O2S. The minimum Gasteiger partial charge on any atom is -0.507 e. The normalized spacial score (nSPS) is 11.4. The molecule has 3 aromatic rings. The quantitative estimate of drug-likeness (QED) is 0.364. The third-order valence-electron chi connectivity index (χ3n) is 4.04. The Balaban J connectivity index is 1.63. The van der Waals surface area contributed by atoms with Crippen molar-refractivity contribution in [3.63, 3.8) is 0 Å². The lowest BCUT2D eigenvalue weighted by molar-refractivity contribution is -0.118. The lowest BCUT2D eigenvalue weighted by Gasteiger charge is -2.07. The minimum absolute atomic E-state index is 0.122. The summed E-state index contributed by atoms with van der Waals surface area (Å²) in [4.78, 5) is 12.2. The number of hydrogen-bond donors (Lipinski definition) is 2. The molecule has 3 rings (SSSR count). The predicted octanol–water partition coefficient (Wildman–Crippen LogP) is 3.30. The number of hydrogen-bond acceptors (Lipinski definition) is 6. The van der Waals surface area contributed by atoms with Gasteiger partial charge in [0.2, 0.25) is 0 Å². The van der Waals surface area contributed by atoms with Crippen molar-refractivity contribution in [1.82, 2.24) is 20.2 Å². The van der Waals surface area contributed by atoms with Crippen LogP contribution in [-0.4, -0.2) is 37.2 Å². The van der Waals surface area contributed by atoms with Gasteiger partial charge in [-0.3, -0.25) is 4.79 Å². The number of nitrogens with zero attached hydrogens (tertiary/aromatic N) is 4. The molecule has 0 bridgehead atoms. The molecule has 28 heavy (non-hydrogen) atoms. The van der Waals surface area contributed by atoms with E-state index in [-0.39, 0.29) is 17.4 Å². The number of carbonyl (C=O) groups excluding carboxylic acids is 1. The Morgan fingerprint density at radius 1 is 1.14 bits per heavy atom. The van der Waals surface area contributed by atoms with E-state index in [2.05, 4.69) is 20.7 Å². The third kappa shape index (κ3) is 4.58. The van der Waals surface area contributed by atoms with Crippen molar-refractivity contribution >= 4 is 23.4 Å². The van der Waals surface area contributed by atoms with Crippen molar-refractivity contribution < 1.29 is 9.90 Å². The molecule has 0 spiro atoms. The lowest BCUT2D eigenvalue weighted by Crippen LogP contribution is -2.21. The molecule has 1 heterocycles. The summed E-state index contributed by atoms with van der Waals surface area (Å²) in [5.74, 6) is 0.799. The summed E-state index contributed by atoms with van der Waals surface area (Å²) in [6.07, 6.45) is 0. The molecule has 0 aliphatic rings. The van der Waals surface area contributed by atoms with E-state index in [0.29, 0.717) is 23.0 Å². The second-order valence-electron chi connectivity index (χ2n) is 5.95. The minimum atomic E-state index is -0.258. The molecule has 1 amide bonds. The summed E-state index contributed by atoms with van der Waals surface area (Å²) in [5, 5.41) is 23.1. The first-order valence-corrected chi connectivity index (χ1v) is 9.81. The van der Waals surface area contributed by atoms with Gasteiger partial charge < -0.3 is 9.67 Å². The molecule has 0 saturated heterocycles. The van der Waals surface area contributed by atoms with E-state index in [1.807, 2.05) is 41.8 Å². The standard InChI is InChI=1S/C20H21N5O2S/c1-3-25-19(15-9-5-4-6-10-15)23-24-20(25)28-13-18(27)22-21-14(2)16-11-7-8-12-17(16)26/h4-12,26H,3,13H2,1-2H3,(H,22,27). The fourth-order valence-corrected chi connectivity index (χ4v) is 3.42. The zero-order valence-electron chi connectivity index (χ0n) is 15.7. The number of hydrazone groups is 1. The Morgan fingerprint density at radius 3 is 2.57 bits per heavy atom. The number of aromatic nitrogens is 3. The molecular weight excluding hydrogens is 374 g/mol. The summed E-state index contributed by atoms with van der Waals surface area (Å²) in [6, 6.07) is 16.7. The molecule has 0 radical (unpaired) electrons. The number of thioether (sulfide) groups is 1. The van der Waals surface area contributed by atoms with Crippen LogP contribution in [0.2, 0.25) is 0 Å². The Morgan fingerprint density at radius 2 is 1.86 bits per heavy atom. The molecule has 0 atom stereocenters. The number of phenols is 1. The predicted molar refractivity (Wildman–Crippen MR) is 110 cm³/mol. The number of aromatic hydroxyl groups is 1. The van der Waals surface area contributed by atoms with E-state index >= 15 is 0 Å². The third-order valence-corrected chi connectivity index (χ3v) is 5.01. The first-order valence-electron chi connectivity index (χ1n) is 8.83. The van der Waals surface area contributed by atoms with Crippen LogP contribution < -0.4 is 5.43 Å². The smallest absolute Gasteiger partial charge is 0.250 e. The van der Waals surface area contributed by atoms with Crippen LogP contribution in [0.25, 0.3) is 11.4 Å². The maximum atomic E-state index is 12.2. The zero-order valence-corrected chi connectivity index (χ0v) is 16.5. The highest BCUT2D eigenvalue weighted by atomic mass is 32.2. The Hall–Kier alpha value is -3.13. The van der Waals surface area contributed by atoms with Gasteiger partial charge in [0.1, 0.15) is 5.75 Å². The van der Waals surface area contributed by atoms with E-state index < -0.39 is 0 Å². The number of nitrogens with one attached hydrogen (secondary N) is 1. The van der Waals surface area contributed by atoms with Crippen molar-refractivity contribution in [1.29, 1.82) is 0 Å². The van der Waals surface area contributed by atoms with Crippen molar-refractivity contribution in [3.8, 4) is 17.1 Å². The van der Waals surface area contributed by atoms with Crippen molar-refractivity contribution in [3.05, 3.63) is 60.2 Å². The highest BCUT2D eigenvalue weighted by molar-refractivity contribution is 7.99. The van der Waals surface area contributed by atoms with E-state index in [1.54, 1.807) is 31.2 Å². The summed E-state index contributed by atoms with van der Waals surface area (Å²) < 4.78 is 1.98. The van der Waals surface area contributed by atoms with Crippen LogP contribution in [-0.2, 0) is 11.3 Å². The van der Waals surface area contributed by atoms with Gasteiger partial charge in [-0.1, -0.05) is 54.2 Å². The maximum Gasteiger partial charge on any atom is 0.250 e.